The molecule has 3 amide bonds. The Morgan fingerprint density at radius 1 is 0.930 bits per heavy atom. The molecule has 2 aromatic carbocycles. The SMILES string of the molecule is CC(O)CSCC[C@H](CC(=O)[C@H](Cc1ccccc1)NC(=O)CCC(=O)CNC(=O)[C@@H](N)Cc1ccc(O)cc1)C(N)=O. The van der Waals surface area contributed by atoms with Crippen LogP contribution in [0.15, 0.2) is 54.6 Å². The highest BCUT2D eigenvalue weighted by Gasteiger charge is 2.27. The first-order valence-electron chi connectivity index (χ1n) is 14.2. The summed E-state index contributed by atoms with van der Waals surface area (Å²) < 4.78 is 0. The number of carbonyl (C=O) groups is 5. The van der Waals surface area contributed by atoms with E-state index in [-0.39, 0.29) is 56.0 Å². The molecule has 2 rings (SSSR count). The van der Waals surface area contributed by atoms with Crippen molar-refractivity contribution in [1.82, 2.24) is 10.6 Å². The van der Waals surface area contributed by atoms with E-state index in [2.05, 4.69) is 10.6 Å². The zero-order valence-corrected chi connectivity index (χ0v) is 25.2. The summed E-state index contributed by atoms with van der Waals surface area (Å²) in [6, 6.07) is 13.6. The van der Waals surface area contributed by atoms with Crippen LogP contribution in [0.1, 0.15) is 43.7 Å². The van der Waals surface area contributed by atoms with Gasteiger partial charge in [0.25, 0.3) is 0 Å². The fraction of sp³-hybridized carbons (Fsp3) is 0.452. The number of nitrogens with one attached hydrogen (secondary N) is 2. The van der Waals surface area contributed by atoms with Crippen LogP contribution in [0.3, 0.4) is 0 Å². The highest BCUT2D eigenvalue weighted by atomic mass is 32.2. The van der Waals surface area contributed by atoms with Gasteiger partial charge in [-0.25, -0.2) is 0 Å². The number of ketones is 2. The van der Waals surface area contributed by atoms with E-state index < -0.39 is 41.8 Å². The molecule has 12 heteroatoms. The van der Waals surface area contributed by atoms with Crippen molar-refractivity contribution in [2.24, 2.45) is 17.4 Å². The second kappa shape index (κ2) is 18.7. The Labute approximate surface area is 256 Å². The predicted molar refractivity (Wildman–Crippen MR) is 165 cm³/mol. The van der Waals surface area contributed by atoms with Gasteiger partial charge in [0.05, 0.1) is 24.7 Å². The third kappa shape index (κ3) is 14.3. The van der Waals surface area contributed by atoms with Gasteiger partial charge in [-0.15, -0.1) is 0 Å². The first-order valence-corrected chi connectivity index (χ1v) is 15.3. The van der Waals surface area contributed by atoms with Crippen molar-refractivity contribution in [3.05, 3.63) is 65.7 Å². The van der Waals surface area contributed by atoms with Gasteiger partial charge in [-0.05, 0) is 55.2 Å². The van der Waals surface area contributed by atoms with Crippen molar-refractivity contribution in [3.8, 4) is 5.75 Å². The fourth-order valence-electron chi connectivity index (χ4n) is 4.21. The van der Waals surface area contributed by atoms with Gasteiger partial charge in [0.2, 0.25) is 17.7 Å². The molecule has 0 bridgehead atoms. The van der Waals surface area contributed by atoms with Crippen LogP contribution in [0, 0.1) is 5.92 Å². The smallest absolute Gasteiger partial charge is 0.237 e. The number of aliphatic hydroxyl groups excluding tert-OH is 1. The minimum atomic E-state index is -0.922. The number of nitrogens with two attached hydrogens (primary N) is 2. The molecule has 0 radical (unpaired) electrons. The molecule has 234 valence electrons. The fourth-order valence-corrected chi connectivity index (χ4v) is 5.17. The van der Waals surface area contributed by atoms with Crippen molar-refractivity contribution in [1.29, 1.82) is 0 Å². The van der Waals surface area contributed by atoms with Gasteiger partial charge < -0.3 is 32.3 Å². The molecule has 0 aromatic heterocycles. The molecule has 0 aliphatic rings. The Morgan fingerprint density at radius 2 is 1.58 bits per heavy atom. The number of primary amides is 1. The predicted octanol–water partition coefficient (Wildman–Crippen LogP) is 1.02. The third-order valence-corrected chi connectivity index (χ3v) is 7.89. The van der Waals surface area contributed by atoms with Crippen molar-refractivity contribution in [3.63, 3.8) is 0 Å². The van der Waals surface area contributed by atoms with E-state index in [1.807, 2.05) is 30.3 Å². The van der Waals surface area contributed by atoms with E-state index in [9.17, 15) is 34.2 Å². The highest BCUT2D eigenvalue weighted by molar-refractivity contribution is 7.99. The molecule has 1 unspecified atom stereocenters. The van der Waals surface area contributed by atoms with Crippen LogP contribution in [-0.2, 0) is 36.8 Å². The molecule has 0 saturated carbocycles. The molecule has 4 atom stereocenters. The molecule has 11 nitrogen and oxygen atoms in total. The molecule has 0 aliphatic carbocycles. The van der Waals surface area contributed by atoms with Crippen LogP contribution in [0.25, 0.3) is 0 Å². The van der Waals surface area contributed by atoms with Crippen molar-refractivity contribution in [2.75, 3.05) is 18.1 Å². The molecular formula is C31H42N4O7S. The zero-order chi connectivity index (χ0) is 31.8. The molecular weight excluding hydrogens is 572 g/mol. The van der Waals surface area contributed by atoms with Gasteiger partial charge in [-0.1, -0.05) is 42.5 Å². The van der Waals surface area contributed by atoms with Crippen molar-refractivity contribution >= 4 is 41.0 Å². The van der Waals surface area contributed by atoms with Crippen LogP contribution < -0.4 is 22.1 Å². The largest absolute Gasteiger partial charge is 0.508 e. The Balaban J connectivity index is 1.88. The summed E-state index contributed by atoms with van der Waals surface area (Å²) >= 11 is 1.46. The number of amides is 3. The zero-order valence-electron chi connectivity index (χ0n) is 24.4. The van der Waals surface area contributed by atoms with E-state index >= 15 is 0 Å². The van der Waals surface area contributed by atoms with E-state index in [1.54, 1.807) is 19.1 Å². The molecule has 2 aromatic rings. The summed E-state index contributed by atoms with van der Waals surface area (Å²) in [5.41, 5.74) is 13.0. The highest BCUT2D eigenvalue weighted by Crippen LogP contribution is 2.17. The maximum Gasteiger partial charge on any atom is 0.237 e. The lowest BCUT2D eigenvalue weighted by Crippen LogP contribution is -2.45. The molecule has 43 heavy (non-hydrogen) atoms. The van der Waals surface area contributed by atoms with E-state index in [1.165, 1.54) is 23.9 Å². The lowest BCUT2D eigenvalue weighted by molar-refractivity contribution is -0.131. The number of phenols is 1. The van der Waals surface area contributed by atoms with Gasteiger partial charge in [0, 0.05) is 30.9 Å². The second-order valence-electron chi connectivity index (χ2n) is 10.5. The number of hydrogen-bond donors (Lipinski definition) is 6. The van der Waals surface area contributed by atoms with E-state index in [0.717, 1.165) is 11.1 Å². The normalized spacial score (nSPS) is 13.7. The number of thioether (sulfide) groups is 1. The Hall–Kier alpha value is -3.74. The average Bonchev–Trinajstić information content (AvgIpc) is 2.97. The summed E-state index contributed by atoms with van der Waals surface area (Å²) in [5, 5.41) is 24.0. The number of aliphatic hydroxyl groups is 1. The van der Waals surface area contributed by atoms with Crippen LogP contribution in [0.2, 0.25) is 0 Å². The Morgan fingerprint density at radius 3 is 2.21 bits per heavy atom. The molecule has 0 heterocycles. The van der Waals surface area contributed by atoms with Gasteiger partial charge in [0.15, 0.2) is 11.6 Å². The van der Waals surface area contributed by atoms with Crippen molar-refractivity contribution < 1.29 is 34.2 Å². The van der Waals surface area contributed by atoms with Crippen molar-refractivity contribution in [2.45, 2.75) is 63.6 Å². The maximum absolute atomic E-state index is 13.3. The first-order chi connectivity index (χ1) is 20.4. The summed E-state index contributed by atoms with van der Waals surface area (Å²) in [5.74, 6) is -1.93. The van der Waals surface area contributed by atoms with Crippen LogP contribution >= 0.6 is 11.8 Å². The maximum atomic E-state index is 13.3. The summed E-state index contributed by atoms with van der Waals surface area (Å²) in [6.07, 6.45) is -0.187. The second-order valence-corrected chi connectivity index (χ2v) is 11.7. The Bertz CT molecular complexity index is 1210. The molecule has 0 saturated heterocycles. The minimum Gasteiger partial charge on any atom is -0.508 e. The van der Waals surface area contributed by atoms with Gasteiger partial charge in [-0.3, -0.25) is 24.0 Å². The third-order valence-electron chi connectivity index (χ3n) is 6.65. The quantitative estimate of drug-likeness (QED) is 0.118. The number of rotatable bonds is 20. The summed E-state index contributed by atoms with van der Waals surface area (Å²) in [7, 11) is 0. The molecule has 0 fully saturated rings. The minimum absolute atomic E-state index is 0.0984. The van der Waals surface area contributed by atoms with Gasteiger partial charge in [-0.2, -0.15) is 11.8 Å². The summed E-state index contributed by atoms with van der Waals surface area (Å²) in [6.45, 7) is 1.37. The molecule has 8 N–H and O–H groups in total. The van der Waals surface area contributed by atoms with E-state index in [4.69, 9.17) is 11.5 Å². The number of benzene rings is 2. The van der Waals surface area contributed by atoms with Crippen LogP contribution in [0.4, 0.5) is 0 Å². The first kappa shape index (κ1) is 35.5. The Kier molecular flexibility index (Phi) is 15.4. The van der Waals surface area contributed by atoms with Crippen LogP contribution in [-0.4, -0.2) is 75.7 Å². The standard InChI is InChI=1S/C31H42N4O7S/c1-20(36)19-43-14-13-23(30(33)41)17-28(39)27(16-21-5-3-2-4-6-21)35-29(40)12-11-25(38)18-34-31(42)26(32)15-22-7-9-24(37)10-8-22/h2-10,20,23,26-27,36-37H,11-19,32H2,1H3,(H2,33,41)(H,34,42)(H,35,40)/t20?,23-,26+,27+/m1/s1. The average molecular weight is 615 g/mol. The number of carbonyl (C=O) groups excluding carboxylic acids is 5. The molecule has 0 aliphatic heterocycles. The lowest BCUT2D eigenvalue weighted by Gasteiger charge is -2.21. The molecule has 0 spiro atoms. The number of Topliss-reactive ketones (excluding diaryl/α,β-unsaturated/α-hetero) is 2. The number of aromatic hydroxyl groups is 1. The van der Waals surface area contributed by atoms with Crippen LogP contribution in [0.5, 0.6) is 5.75 Å². The number of phenolic OH excluding ortho intramolecular Hbond substituents is 1. The number of hydrogen-bond acceptors (Lipinski definition) is 9. The lowest BCUT2D eigenvalue weighted by atomic mass is 9.92. The monoisotopic (exact) mass is 614 g/mol. The summed E-state index contributed by atoms with van der Waals surface area (Å²) in [4.78, 5) is 62.7. The van der Waals surface area contributed by atoms with Gasteiger partial charge >= 0.3 is 0 Å². The van der Waals surface area contributed by atoms with Gasteiger partial charge in [0.1, 0.15) is 5.75 Å². The topological polar surface area (TPSA) is 202 Å². The van der Waals surface area contributed by atoms with E-state index in [0.29, 0.717) is 17.9 Å².